The third-order valence-corrected chi connectivity index (χ3v) is 4.13. The van der Waals surface area contributed by atoms with E-state index in [2.05, 4.69) is 16.4 Å². The van der Waals surface area contributed by atoms with Crippen molar-refractivity contribution in [1.82, 2.24) is 10.3 Å². The molecule has 110 valence electrons. The molecule has 1 N–H and O–H groups in total. The standard InChI is InChI=1S/C17H19FN2O/c1-19-16(14-6-8-20-11-15(14)18)10-12-7-9-21-17-5-3-2-4-13(12)17/h2-6,8,11-12,16,19H,7,9-10H2,1H3. The fraction of sp³-hybridized carbons (Fsp3) is 0.353. The molecule has 0 radical (unpaired) electrons. The molecule has 0 saturated heterocycles. The van der Waals surface area contributed by atoms with Gasteiger partial charge in [0.1, 0.15) is 11.6 Å². The third kappa shape index (κ3) is 2.90. The predicted octanol–water partition coefficient (Wildman–Crippen LogP) is 3.44. The third-order valence-electron chi connectivity index (χ3n) is 4.13. The molecule has 1 aliphatic rings. The van der Waals surface area contributed by atoms with Crippen molar-refractivity contribution in [2.24, 2.45) is 0 Å². The molecule has 1 aromatic heterocycles. The summed E-state index contributed by atoms with van der Waals surface area (Å²) in [5, 5.41) is 3.23. The van der Waals surface area contributed by atoms with Gasteiger partial charge in [-0.15, -0.1) is 0 Å². The van der Waals surface area contributed by atoms with Crippen molar-refractivity contribution < 1.29 is 9.13 Å². The van der Waals surface area contributed by atoms with Crippen LogP contribution < -0.4 is 10.1 Å². The molecule has 3 rings (SSSR count). The number of hydrogen-bond acceptors (Lipinski definition) is 3. The average Bonchev–Trinajstić information content (AvgIpc) is 2.53. The van der Waals surface area contributed by atoms with Gasteiger partial charge in [-0.1, -0.05) is 18.2 Å². The highest BCUT2D eigenvalue weighted by Crippen LogP contribution is 2.38. The van der Waals surface area contributed by atoms with Gasteiger partial charge < -0.3 is 10.1 Å². The summed E-state index contributed by atoms with van der Waals surface area (Å²) < 4.78 is 19.6. The summed E-state index contributed by atoms with van der Waals surface area (Å²) in [6.45, 7) is 0.719. The van der Waals surface area contributed by atoms with Crippen LogP contribution in [0.4, 0.5) is 4.39 Å². The topological polar surface area (TPSA) is 34.1 Å². The fourth-order valence-electron chi connectivity index (χ4n) is 3.01. The van der Waals surface area contributed by atoms with E-state index in [0.717, 1.165) is 25.2 Å². The Hall–Kier alpha value is -1.94. The maximum absolute atomic E-state index is 13.9. The molecule has 0 bridgehead atoms. The summed E-state index contributed by atoms with van der Waals surface area (Å²) in [4.78, 5) is 3.82. The van der Waals surface area contributed by atoms with Crippen LogP contribution in [0.1, 0.15) is 35.9 Å². The van der Waals surface area contributed by atoms with Crippen LogP contribution in [-0.4, -0.2) is 18.6 Å². The maximum Gasteiger partial charge on any atom is 0.146 e. The second-order valence-corrected chi connectivity index (χ2v) is 5.35. The van der Waals surface area contributed by atoms with Gasteiger partial charge in [-0.25, -0.2) is 4.39 Å². The first-order valence-corrected chi connectivity index (χ1v) is 7.28. The Morgan fingerprint density at radius 2 is 2.24 bits per heavy atom. The van der Waals surface area contributed by atoms with Crippen LogP contribution in [0.15, 0.2) is 42.7 Å². The number of pyridine rings is 1. The molecular formula is C17H19FN2O. The second kappa shape index (κ2) is 6.22. The lowest BCUT2D eigenvalue weighted by molar-refractivity contribution is 0.255. The van der Waals surface area contributed by atoms with E-state index in [1.165, 1.54) is 11.8 Å². The molecule has 21 heavy (non-hydrogen) atoms. The van der Waals surface area contributed by atoms with Crippen molar-refractivity contribution in [3.63, 3.8) is 0 Å². The highest BCUT2D eigenvalue weighted by Gasteiger charge is 2.25. The van der Waals surface area contributed by atoms with E-state index in [0.29, 0.717) is 11.5 Å². The second-order valence-electron chi connectivity index (χ2n) is 5.35. The molecule has 2 heterocycles. The summed E-state index contributed by atoms with van der Waals surface area (Å²) in [6.07, 6.45) is 4.72. The number of nitrogens with zero attached hydrogens (tertiary/aromatic N) is 1. The molecular weight excluding hydrogens is 267 g/mol. The van der Waals surface area contributed by atoms with Crippen LogP contribution in [0.5, 0.6) is 5.75 Å². The Balaban J connectivity index is 1.84. The van der Waals surface area contributed by atoms with E-state index in [-0.39, 0.29) is 11.9 Å². The number of halogens is 1. The van der Waals surface area contributed by atoms with Gasteiger partial charge in [-0.05, 0) is 43.5 Å². The number of fused-ring (bicyclic) bond motifs is 1. The molecule has 0 aliphatic carbocycles. The van der Waals surface area contributed by atoms with Crippen LogP contribution in [0, 0.1) is 5.82 Å². The van der Waals surface area contributed by atoms with Gasteiger partial charge in [0.25, 0.3) is 0 Å². The van der Waals surface area contributed by atoms with Crippen LogP contribution in [0.2, 0.25) is 0 Å². The van der Waals surface area contributed by atoms with Crippen LogP contribution >= 0.6 is 0 Å². The lowest BCUT2D eigenvalue weighted by atomic mass is 9.85. The van der Waals surface area contributed by atoms with E-state index in [1.54, 1.807) is 12.3 Å². The lowest BCUT2D eigenvalue weighted by Gasteiger charge is -2.29. The van der Waals surface area contributed by atoms with Gasteiger partial charge >= 0.3 is 0 Å². The number of aromatic nitrogens is 1. The van der Waals surface area contributed by atoms with Crippen LogP contribution in [0.3, 0.4) is 0 Å². The molecule has 1 aromatic carbocycles. The Morgan fingerprint density at radius 1 is 1.38 bits per heavy atom. The lowest BCUT2D eigenvalue weighted by Crippen LogP contribution is -2.23. The zero-order chi connectivity index (χ0) is 14.7. The molecule has 1 aliphatic heterocycles. The molecule has 0 saturated carbocycles. The van der Waals surface area contributed by atoms with Crippen molar-refractivity contribution in [2.75, 3.05) is 13.7 Å². The molecule has 3 nitrogen and oxygen atoms in total. The minimum absolute atomic E-state index is 0.0239. The highest BCUT2D eigenvalue weighted by atomic mass is 19.1. The number of nitrogens with one attached hydrogen (secondary N) is 1. The van der Waals surface area contributed by atoms with Gasteiger partial charge in [0.05, 0.1) is 12.8 Å². The first kappa shape index (κ1) is 14.0. The van der Waals surface area contributed by atoms with Gasteiger partial charge in [0.2, 0.25) is 0 Å². The molecule has 2 aromatic rings. The minimum atomic E-state index is -0.253. The minimum Gasteiger partial charge on any atom is -0.493 e. The van der Waals surface area contributed by atoms with Crippen molar-refractivity contribution in [3.8, 4) is 5.75 Å². The van der Waals surface area contributed by atoms with Crippen molar-refractivity contribution in [2.45, 2.75) is 24.8 Å². The SMILES string of the molecule is CNC(CC1CCOc2ccccc21)c1ccncc1F. The smallest absolute Gasteiger partial charge is 0.146 e. The maximum atomic E-state index is 13.9. The predicted molar refractivity (Wildman–Crippen MR) is 79.9 cm³/mol. The Labute approximate surface area is 124 Å². The fourth-order valence-corrected chi connectivity index (χ4v) is 3.01. The normalized spacial score (nSPS) is 18.7. The summed E-state index contributed by atoms with van der Waals surface area (Å²) >= 11 is 0. The number of hydrogen-bond donors (Lipinski definition) is 1. The number of ether oxygens (including phenoxy) is 1. The Morgan fingerprint density at radius 3 is 3.05 bits per heavy atom. The molecule has 0 amide bonds. The van der Waals surface area contributed by atoms with Gasteiger partial charge in [0.15, 0.2) is 0 Å². The van der Waals surface area contributed by atoms with E-state index in [4.69, 9.17) is 4.74 Å². The zero-order valence-electron chi connectivity index (χ0n) is 12.1. The summed E-state index contributed by atoms with van der Waals surface area (Å²) in [5.41, 5.74) is 1.90. The zero-order valence-corrected chi connectivity index (χ0v) is 12.1. The van der Waals surface area contributed by atoms with E-state index >= 15 is 0 Å². The van der Waals surface area contributed by atoms with Crippen molar-refractivity contribution >= 4 is 0 Å². The largest absolute Gasteiger partial charge is 0.493 e. The average molecular weight is 286 g/mol. The molecule has 2 unspecified atom stereocenters. The van der Waals surface area contributed by atoms with Gasteiger partial charge in [-0.3, -0.25) is 4.98 Å². The summed E-state index contributed by atoms with van der Waals surface area (Å²) in [5.74, 6) is 1.08. The molecule has 2 atom stereocenters. The van der Waals surface area contributed by atoms with E-state index in [1.807, 2.05) is 25.2 Å². The van der Waals surface area contributed by atoms with E-state index in [9.17, 15) is 4.39 Å². The van der Waals surface area contributed by atoms with Gasteiger partial charge in [-0.2, -0.15) is 0 Å². The van der Waals surface area contributed by atoms with Gasteiger partial charge in [0, 0.05) is 17.8 Å². The van der Waals surface area contributed by atoms with E-state index < -0.39 is 0 Å². The molecule has 4 heteroatoms. The summed E-state index contributed by atoms with van der Waals surface area (Å²) in [6, 6.07) is 9.85. The first-order valence-electron chi connectivity index (χ1n) is 7.28. The van der Waals surface area contributed by atoms with Crippen molar-refractivity contribution in [3.05, 3.63) is 59.7 Å². The number of para-hydroxylation sites is 1. The first-order chi connectivity index (χ1) is 10.3. The van der Waals surface area contributed by atoms with Crippen LogP contribution in [0.25, 0.3) is 0 Å². The quantitative estimate of drug-likeness (QED) is 0.935. The Kier molecular flexibility index (Phi) is 4.15. The summed E-state index contributed by atoms with van der Waals surface area (Å²) in [7, 11) is 1.87. The number of benzene rings is 1. The molecule has 0 spiro atoms. The van der Waals surface area contributed by atoms with Crippen LogP contribution in [-0.2, 0) is 0 Å². The number of rotatable bonds is 4. The molecule has 0 fully saturated rings. The van der Waals surface area contributed by atoms with Crippen molar-refractivity contribution in [1.29, 1.82) is 0 Å². The monoisotopic (exact) mass is 286 g/mol. The highest BCUT2D eigenvalue weighted by molar-refractivity contribution is 5.38. The Bertz CT molecular complexity index is 617.